The van der Waals surface area contributed by atoms with E-state index in [2.05, 4.69) is 31.1 Å². The molecular weight excluding hydrogens is 190 g/mol. The molecule has 1 rings (SSSR count). The number of anilines is 1. The van der Waals surface area contributed by atoms with Gasteiger partial charge < -0.3 is 5.32 Å². The molecule has 0 bridgehead atoms. The Morgan fingerprint density at radius 2 is 2.14 bits per heavy atom. The van der Waals surface area contributed by atoms with Gasteiger partial charge in [-0.3, -0.25) is 0 Å². The minimum atomic E-state index is 0.916. The molecule has 0 aliphatic carbocycles. The van der Waals surface area contributed by atoms with Crippen LogP contribution in [0.1, 0.15) is 0 Å². The third-order valence-electron chi connectivity index (χ3n) is 1.65. The van der Waals surface area contributed by atoms with E-state index in [-0.39, 0.29) is 0 Å². The highest BCUT2D eigenvalue weighted by Crippen LogP contribution is 2.15. The maximum atomic E-state index is 4.25. The van der Waals surface area contributed by atoms with Crippen LogP contribution in [0.2, 0.25) is 0 Å². The Labute approximate surface area is 90.3 Å². The number of allylic oxidation sites excluding steroid dienone is 3. The van der Waals surface area contributed by atoms with Crippen molar-refractivity contribution in [1.29, 1.82) is 0 Å². The third kappa shape index (κ3) is 3.15. The van der Waals surface area contributed by atoms with E-state index in [1.165, 1.54) is 0 Å². The smallest absolute Gasteiger partial charge is 0.0395 e. The molecule has 0 fully saturated rings. The molecule has 0 spiro atoms. The van der Waals surface area contributed by atoms with Gasteiger partial charge in [-0.2, -0.15) is 0 Å². The molecule has 0 aliphatic rings. The van der Waals surface area contributed by atoms with Gasteiger partial charge in [0.2, 0.25) is 0 Å². The molecule has 14 heavy (non-hydrogen) atoms. The molecule has 0 aliphatic heterocycles. The summed E-state index contributed by atoms with van der Waals surface area (Å²) in [4.78, 5) is 0.928. The zero-order chi connectivity index (χ0) is 10.4. The Bertz CT molecular complexity index is 366. The van der Waals surface area contributed by atoms with Crippen LogP contribution in [0.25, 0.3) is 0 Å². The normalized spacial score (nSPS) is 10.8. The number of thiol groups is 1. The monoisotopic (exact) mass is 203 g/mol. The predicted molar refractivity (Wildman–Crippen MR) is 65.8 cm³/mol. The number of benzene rings is 1. The molecule has 0 saturated heterocycles. The SMILES string of the molecule is C=C/C=C(\C=C)Nc1cccc(S)c1. The second-order valence-corrected chi connectivity index (χ2v) is 3.25. The largest absolute Gasteiger partial charge is 0.356 e. The Balaban J connectivity index is 2.82. The molecule has 1 aromatic carbocycles. The summed E-state index contributed by atoms with van der Waals surface area (Å²) in [5.74, 6) is 0. The van der Waals surface area contributed by atoms with Crippen LogP contribution >= 0.6 is 12.6 Å². The van der Waals surface area contributed by atoms with E-state index in [4.69, 9.17) is 0 Å². The summed E-state index contributed by atoms with van der Waals surface area (Å²) in [6.45, 7) is 7.33. The van der Waals surface area contributed by atoms with Crippen LogP contribution in [-0.2, 0) is 0 Å². The predicted octanol–water partition coefficient (Wildman–Crippen LogP) is 3.64. The van der Waals surface area contributed by atoms with Gasteiger partial charge in [0.1, 0.15) is 0 Å². The third-order valence-corrected chi connectivity index (χ3v) is 1.93. The number of nitrogens with one attached hydrogen (secondary N) is 1. The van der Waals surface area contributed by atoms with Gasteiger partial charge in [0.15, 0.2) is 0 Å². The maximum Gasteiger partial charge on any atom is 0.0395 e. The van der Waals surface area contributed by atoms with Gasteiger partial charge in [-0.25, -0.2) is 0 Å². The Morgan fingerprint density at radius 1 is 1.36 bits per heavy atom. The van der Waals surface area contributed by atoms with Crippen LogP contribution < -0.4 is 5.32 Å². The lowest BCUT2D eigenvalue weighted by molar-refractivity contribution is 1.41. The number of hydrogen-bond donors (Lipinski definition) is 2. The van der Waals surface area contributed by atoms with Crippen molar-refractivity contribution in [3.8, 4) is 0 Å². The van der Waals surface area contributed by atoms with Gasteiger partial charge in [-0.05, 0) is 30.4 Å². The summed E-state index contributed by atoms with van der Waals surface area (Å²) in [5, 5.41) is 3.19. The topological polar surface area (TPSA) is 12.0 Å². The molecule has 1 nitrogen and oxygen atoms in total. The molecule has 1 aromatic rings. The molecular formula is C12H13NS. The van der Waals surface area contributed by atoms with E-state index in [1.54, 1.807) is 12.2 Å². The first-order valence-corrected chi connectivity index (χ1v) is 4.72. The highest BCUT2D eigenvalue weighted by atomic mass is 32.1. The Morgan fingerprint density at radius 3 is 2.71 bits per heavy atom. The lowest BCUT2D eigenvalue weighted by Crippen LogP contribution is -1.95. The van der Waals surface area contributed by atoms with E-state index < -0.39 is 0 Å². The fourth-order valence-electron chi connectivity index (χ4n) is 1.04. The van der Waals surface area contributed by atoms with Crippen molar-refractivity contribution in [2.24, 2.45) is 0 Å². The standard InChI is InChI=1S/C12H13NS/c1-3-6-10(4-2)13-11-7-5-8-12(14)9-11/h3-9,13-14H,1-2H2/b10-6+. The van der Waals surface area contributed by atoms with Crippen LogP contribution in [0, 0.1) is 0 Å². The van der Waals surface area contributed by atoms with Crippen molar-refractivity contribution in [3.05, 3.63) is 61.3 Å². The molecule has 0 radical (unpaired) electrons. The van der Waals surface area contributed by atoms with Crippen molar-refractivity contribution >= 4 is 18.3 Å². The van der Waals surface area contributed by atoms with E-state index in [0.29, 0.717) is 0 Å². The summed E-state index contributed by atoms with van der Waals surface area (Å²) in [7, 11) is 0. The molecule has 72 valence electrons. The Hall–Kier alpha value is -1.41. The summed E-state index contributed by atoms with van der Waals surface area (Å²) >= 11 is 4.25. The second kappa shape index (κ2) is 5.35. The molecule has 0 unspecified atom stereocenters. The zero-order valence-electron chi connectivity index (χ0n) is 7.90. The van der Waals surface area contributed by atoms with E-state index in [1.807, 2.05) is 30.3 Å². The average Bonchev–Trinajstić information content (AvgIpc) is 2.17. The van der Waals surface area contributed by atoms with E-state index >= 15 is 0 Å². The fraction of sp³-hybridized carbons (Fsp3) is 0. The van der Waals surface area contributed by atoms with E-state index in [9.17, 15) is 0 Å². The summed E-state index contributed by atoms with van der Waals surface area (Å²) in [6, 6.07) is 7.79. The molecule has 0 aromatic heterocycles. The van der Waals surface area contributed by atoms with Crippen LogP contribution in [0.5, 0.6) is 0 Å². The Kier molecular flexibility index (Phi) is 4.08. The van der Waals surface area contributed by atoms with Crippen molar-refractivity contribution in [2.45, 2.75) is 4.90 Å². The second-order valence-electron chi connectivity index (χ2n) is 2.74. The average molecular weight is 203 g/mol. The first-order valence-electron chi connectivity index (χ1n) is 4.27. The minimum Gasteiger partial charge on any atom is -0.356 e. The van der Waals surface area contributed by atoms with E-state index in [0.717, 1.165) is 16.3 Å². The summed E-state index contributed by atoms with van der Waals surface area (Å²) in [5.41, 5.74) is 1.91. The summed E-state index contributed by atoms with van der Waals surface area (Å²) < 4.78 is 0. The van der Waals surface area contributed by atoms with Crippen molar-refractivity contribution in [2.75, 3.05) is 5.32 Å². The molecule has 1 N–H and O–H groups in total. The van der Waals surface area contributed by atoms with Gasteiger partial charge in [0.05, 0.1) is 0 Å². The van der Waals surface area contributed by atoms with Crippen molar-refractivity contribution in [1.82, 2.24) is 0 Å². The van der Waals surface area contributed by atoms with Crippen LogP contribution in [-0.4, -0.2) is 0 Å². The summed E-state index contributed by atoms with van der Waals surface area (Å²) in [6.07, 6.45) is 5.32. The zero-order valence-corrected chi connectivity index (χ0v) is 8.80. The van der Waals surface area contributed by atoms with Crippen LogP contribution in [0.15, 0.2) is 66.2 Å². The molecule has 0 heterocycles. The minimum absolute atomic E-state index is 0.916. The number of hydrogen-bond acceptors (Lipinski definition) is 2. The van der Waals surface area contributed by atoms with Crippen molar-refractivity contribution < 1.29 is 0 Å². The highest BCUT2D eigenvalue weighted by Gasteiger charge is 1.93. The van der Waals surface area contributed by atoms with Crippen LogP contribution in [0.4, 0.5) is 5.69 Å². The first kappa shape index (κ1) is 10.7. The van der Waals surface area contributed by atoms with Gasteiger partial charge >= 0.3 is 0 Å². The maximum absolute atomic E-state index is 4.25. The van der Waals surface area contributed by atoms with Crippen LogP contribution in [0.3, 0.4) is 0 Å². The van der Waals surface area contributed by atoms with Gasteiger partial charge in [-0.1, -0.05) is 25.3 Å². The molecule has 0 atom stereocenters. The lowest BCUT2D eigenvalue weighted by atomic mass is 10.3. The number of rotatable bonds is 4. The molecule has 0 amide bonds. The van der Waals surface area contributed by atoms with Gasteiger partial charge in [-0.15, -0.1) is 12.6 Å². The van der Waals surface area contributed by atoms with Gasteiger partial charge in [0.25, 0.3) is 0 Å². The first-order chi connectivity index (χ1) is 6.76. The fourth-order valence-corrected chi connectivity index (χ4v) is 1.26. The quantitative estimate of drug-likeness (QED) is 0.562. The lowest BCUT2D eigenvalue weighted by Gasteiger charge is -2.06. The molecule has 2 heteroatoms. The highest BCUT2D eigenvalue weighted by molar-refractivity contribution is 7.80. The molecule has 0 saturated carbocycles. The van der Waals surface area contributed by atoms with Crippen molar-refractivity contribution in [3.63, 3.8) is 0 Å². The van der Waals surface area contributed by atoms with Gasteiger partial charge in [0, 0.05) is 16.3 Å².